The molecule has 1 amide bonds. The van der Waals surface area contributed by atoms with Gasteiger partial charge in [-0.25, -0.2) is 9.97 Å². The first-order valence-electron chi connectivity index (χ1n) is 9.77. The van der Waals surface area contributed by atoms with Gasteiger partial charge in [0.2, 0.25) is 5.91 Å². The number of aryl methyl sites for hydroxylation is 3. The van der Waals surface area contributed by atoms with Crippen LogP contribution in [0.1, 0.15) is 36.6 Å². The fourth-order valence-electron chi connectivity index (χ4n) is 2.88. The second-order valence-corrected chi connectivity index (χ2v) is 9.18. The molecule has 2 heterocycles. The van der Waals surface area contributed by atoms with Crippen LogP contribution in [-0.4, -0.2) is 35.9 Å². The number of carbonyl (C=O) groups excluding carboxylic acids is 1. The summed E-state index contributed by atoms with van der Waals surface area (Å²) in [6.45, 7) is 10.6. The Morgan fingerprint density at radius 2 is 1.83 bits per heavy atom. The molecule has 0 saturated carbocycles. The molecular weight excluding hydrogens is 416 g/mol. The van der Waals surface area contributed by atoms with Crippen LogP contribution in [0, 0.1) is 20.8 Å². The zero-order chi connectivity index (χ0) is 21.7. The first-order valence-corrected chi connectivity index (χ1v) is 11.6. The average molecular weight is 443 g/mol. The highest BCUT2D eigenvalue weighted by atomic mass is 32.2. The van der Waals surface area contributed by atoms with E-state index in [9.17, 15) is 4.79 Å². The van der Waals surface area contributed by atoms with Gasteiger partial charge in [0.1, 0.15) is 5.82 Å². The maximum Gasteiger partial charge on any atom is 0.237 e. The standard InChI is InChI=1S/C21H26N6OS2/c1-6-27-18(12-29-20-22-14(3)11-15(4)23-20)25-26-21(27)30-16(5)19(28)24-17-10-8-7-9-13(17)2/h7-11,16H,6,12H2,1-5H3,(H,24,28)/t16-/m1/s1. The first-order chi connectivity index (χ1) is 14.4. The van der Waals surface area contributed by atoms with E-state index in [2.05, 4.69) is 25.5 Å². The van der Waals surface area contributed by atoms with E-state index in [0.717, 1.165) is 45.3 Å². The molecule has 0 saturated heterocycles. The molecule has 0 spiro atoms. The van der Waals surface area contributed by atoms with Crippen molar-refractivity contribution in [1.29, 1.82) is 0 Å². The summed E-state index contributed by atoms with van der Waals surface area (Å²) in [5.41, 5.74) is 3.77. The van der Waals surface area contributed by atoms with Crippen LogP contribution in [-0.2, 0) is 17.1 Å². The number of nitrogens with one attached hydrogen (secondary N) is 1. The fraction of sp³-hybridized carbons (Fsp3) is 0.381. The summed E-state index contributed by atoms with van der Waals surface area (Å²) in [4.78, 5) is 21.6. The Hall–Kier alpha value is -2.39. The van der Waals surface area contributed by atoms with Crippen molar-refractivity contribution in [1.82, 2.24) is 24.7 Å². The van der Waals surface area contributed by atoms with Gasteiger partial charge in [0, 0.05) is 23.6 Å². The number of anilines is 1. The Morgan fingerprint density at radius 3 is 2.50 bits per heavy atom. The molecule has 0 radical (unpaired) electrons. The van der Waals surface area contributed by atoms with Crippen LogP contribution in [0.2, 0.25) is 0 Å². The van der Waals surface area contributed by atoms with E-state index >= 15 is 0 Å². The summed E-state index contributed by atoms with van der Waals surface area (Å²) in [6, 6.07) is 9.71. The molecule has 1 atom stereocenters. The van der Waals surface area contributed by atoms with Gasteiger partial charge in [-0.15, -0.1) is 10.2 Å². The molecule has 0 unspecified atom stereocenters. The van der Waals surface area contributed by atoms with Crippen LogP contribution in [0.3, 0.4) is 0 Å². The first kappa shape index (κ1) is 22.3. The van der Waals surface area contributed by atoms with Gasteiger partial charge in [-0.05, 0) is 52.3 Å². The summed E-state index contributed by atoms with van der Waals surface area (Å²) in [5.74, 6) is 1.41. The molecule has 158 valence electrons. The molecule has 9 heteroatoms. The van der Waals surface area contributed by atoms with Gasteiger partial charge in [-0.1, -0.05) is 41.7 Å². The molecule has 0 bridgehead atoms. The minimum Gasteiger partial charge on any atom is -0.325 e. The number of nitrogens with zero attached hydrogens (tertiary/aromatic N) is 5. The highest BCUT2D eigenvalue weighted by Crippen LogP contribution is 2.26. The van der Waals surface area contributed by atoms with Crippen LogP contribution in [0.4, 0.5) is 5.69 Å². The quantitative estimate of drug-likeness (QED) is 0.408. The predicted molar refractivity (Wildman–Crippen MR) is 122 cm³/mol. The largest absolute Gasteiger partial charge is 0.325 e. The van der Waals surface area contributed by atoms with E-state index in [4.69, 9.17) is 0 Å². The molecule has 3 aromatic rings. The van der Waals surface area contributed by atoms with Crippen molar-refractivity contribution in [2.45, 2.75) is 62.5 Å². The number of carbonyl (C=O) groups is 1. The minimum atomic E-state index is -0.303. The van der Waals surface area contributed by atoms with Gasteiger partial charge in [0.25, 0.3) is 0 Å². The molecule has 0 aliphatic heterocycles. The average Bonchev–Trinajstić information content (AvgIpc) is 3.08. The van der Waals surface area contributed by atoms with E-state index < -0.39 is 0 Å². The Bertz CT molecular complexity index is 1020. The number of benzene rings is 1. The number of amides is 1. The summed E-state index contributed by atoms with van der Waals surface area (Å²) < 4.78 is 2.04. The van der Waals surface area contributed by atoms with E-state index in [1.165, 1.54) is 23.5 Å². The van der Waals surface area contributed by atoms with Crippen LogP contribution in [0.15, 0.2) is 40.6 Å². The lowest BCUT2D eigenvalue weighted by Crippen LogP contribution is -2.23. The van der Waals surface area contributed by atoms with Crippen LogP contribution < -0.4 is 5.32 Å². The topological polar surface area (TPSA) is 85.6 Å². The third kappa shape index (κ3) is 5.60. The zero-order valence-corrected chi connectivity index (χ0v) is 19.5. The van der Waals surface area contributed by atoms with Crippen LogP contribution in [0.5, 0.6) is 0 Å². The van der Waals surface area contributed by atoms with Crippen molar-refractivity contribution in [3.05, 3.63) is 53.1 Å². The van der Waals surface area contributed by atoms with Crippen molar-refractivity contribution < 1.29 is 4.79 Å². The Balaban J connectivity index is 1.66. The van der Waals surface area contributed by atoms with E-state index in [1.54, 1.807) is 0 Å². The third-order valence-electron chi connectivity index (χ3n) is 4.46. The second kappa shape index (κ2) is 10.1. The monoisotopic (exact) mass is 442 g/mol. The molecule has 0 aliphatic rings. The minimum absolute atomic E-state index is 0.0560. The molecule has 1 N–H and O–H groups in total. The van der Waals surface area contributed by atoms with Gasteiger partial charge in [0.15, 0.2) is 10.3 Å². The molecule has 1 aromatic carbocycles. The molecule has 30 heavy (non-hydrogen) atoms. The van der Waals surface area contributed by atoms with Crippen molar-refractivity contribution in [2.24, 2.45) is 0 Å². The molecule has 3 rings (SSSR count). The predicted octanol–water partition coefficient (Wildman–Crippen LogP) is 4.42. The summed E-state index contributed by atoms with van der Waals surface area (Å²) in [6.07, 6.45) is 0. The Labute approximate surface area is 185 Å². The number of thioether (sulfide) groups is 2. The van der Waals surface area contributed by atoms with Crippen molar-refractivity contribution in [2.75, 3.05) is 5.32 Å². The van der Waals surface area contributed by atoms with Crippen LogP contribution in [0.25, 0.3) is 0 Å². The van der Waals surface area contributed by atoms with Gasteiger partial charge in [-0.3, -0.25) is 4.79 Å². The lowest BCUT2D eigenvalue weighted by atomic mass is 10.2. The normalized spacial score (nSPS) is 12.0. The molecule has 0 aliphatic carbocycles. The smallest absolute Gasteiger partial charge is 0.237 e. The second-order valence-electron chi connectivity index (χ2n) is 6.93. The molecule has 2 aromatic heterocycles. The van der Waals surface area contributed by atoms with Crippen molar-refractivity contribution >= 4 is 35.1 Å². The van der Waals surface area contributed by atoms with Crippen molar-refractivity contribution in [3.63, 3.8) is 0 Å². The molecular formula is C21H26N6OS2. The highest BCUT2D eigenvalue weighted by Gasteiger charge is 2.20. The fourth-order valence-corrected chi connectivity index (χ4v) is 4.70. The number of hydrogen-bond acceptors (Lipinski definition) is 7. The Kier molecular flexibility index (Phi) is 7.49. The maximum absolute atomic E-state index is 12.6. The number of hydrogen-bond donors (Lipinski definition) is 1. The lowest BCUT2D eigenvalue weighted by molar-refractivity contribution is -0.115. The highest BCUT2D eigenvalue weighted by molar-refractivity contribution is 8.00. The van der Waals surface area contributed by atoms with Gasteiger partial charge < -0.3 is 9.88 Å². The third-order valence-corrected chi connectivity index (χ3v) is 6.38. The van der Waals surface area contributed by atoms with Gasteiger partial charge in [0.05, 0.1) is 11.0 Å². The van der Waals surface area contributed by atoms with Gasteiger partial charge in [-0.2, -0.15) is 0 Å². The number of rotatable bonds is 8. The van der Waals surface area contributed by atoms with E-state index in [0.29, 0.717) is 5.75 Å². The summed E-state index contributed by atoms with van der Waals surface area (Å²) in [7, 11) is 0. The van der Waals surface area contributed by atoms with E-state index in [1.807, 2.05) is 69.5 Å². The zero-order valence-electron chi connectivity index (χ0n) is 17.8. The summed E-state index contributed by atoms with van der Waals surface area (Å²) in [5, 5.41) is 12.8. The lowest BCUT2D eigenvalue weighted by Gasteiger charge is -2.14. The molecule has 7 nitrogen and oxygen atoms in total. The number of para-hydroxylation sites is 1. The number of aromatic nitrogens is 5. The van der Waals surface area contributed by atoms with Crippen LogP contribution >= 0.6 is 23.5 Å². The summed E-state index contributed by atoms with van der Waals surface area (Å²) >= 11 is 2.95. The Morgan fingerprint density at radius 1 is 1.13 bits per heavy atom. The molecule has 0 fully saturated rings. The maximum atomic E-state index is 12.6. The van der Waals surface area contributed by atoms with Gasteiger partial charge >= 0.3 is 0 Å². The van der Waals surface area contributed by atoms with E-state index in [-0.39, 0.29) is 11.2 Å². The SMILES string of the molecule is CCn1c(CSc2nc(C)cc(C)n2)nnc1S[C@H](C)C(=O)Nc1ccccc1C. The van der Waals surface area contributed by atoms with Crippen molar-refractivity contribution in [3.8, 4) is 0 Å².